The molecule has 72 valence electrons. The number of thioether (sulfide) groups is 1. The summed E-state index contributed by atoms with van der Waals surface area (Å²) in [4.78, 5) is 10.7. The van der Waals surface area contributed by atoms with Crippen molar-refractivity contribution in [3.8, 4) is 0 Å². The van der Waals surface area contributed by atoms with Gasteiger partial charge in [-0.05, 0) is 0 Å². The first-order chi connectivity index (χ1) is 6.22. The van der Waals surface area contributed by atoms with Gasteiger partial charge in [0.05, 0.1) is 0 Å². The Balaban J connectivity index is 2.24. The van der Waals surface area contributed by atoms with Gasteiger partial charge >= 0.3 is 0 Å². The maximum atomic E-state index is 10.7. The second-order valence-corrected chi connectivity index (χ2v) is 3.30. The number of hydrogen-bond acceptors (Lipinski definition) is 6. The van der Waals surface area contributed by atoms with Crippen LogP contribution < -0.4 is 11.3 Å². The number of aromatic nitrogens is 2. The van der Waals surface area contributed by atoms with Crippen LogP contribution in [0.15, 0.2) is 9.64 Å². The highest BCUT2D eigenvalue weighted by Crippen LogP contribution is 2.15. The Hall–Kier alpha value is -1.08. The Labute approximate surface area is 79.2 Å². The summed E-state index contributed by atoms with van der Waals surface area (Å²) in [6, 6.07) is 0. The molecule has 0 spiro atoms. The van der Waals surface area contributed by atoms with Crippen LogP contribution in [0.1, 0.15) is 12.3 Å². The van der Waals surface area contributed by atoms with E-state index in [0.29, 0.717) is 23.3 Å². The van der Waals surface area contributed by atoms with Crippen molar-refractivity contribution in [3.05, 3.63) is 5.89 Å². The average Bonchev–Trinajstić information content (AvgIpc) is 2.51. The molecule has 7 heteroatoms. The molecule has 0 fully saturated rings. The molecule has 1 aromatic rings. The van der Waals surface area contributed by atoms with Gasteiger partial charge in [-0.2, -0.15) is 0 Å². The average molecular weight is 202 g/mol. The SMILES string of the molecule is Cc1nnc(SCCC(=O)NN)o1. The fraction of sp³-hybridized carbons (Fsp3) is 0.500. The zero-order valence-electron chi connectivity index (χ0n) is 7.11. The van der Waals surface area contributed by atoms with E-state index in [4.69, 9.17) is 10.3 Å². The number of rotatable bonds is 4. The normalized spacial score (nSPS) is 10.0. The fourth-order valence-electron chi connectivity index (χ4n) is 0.640. The van der Waals surface area contributed by atoms with Crippen LogP contribution in [-0.2, 0) is 4.79 Å². The molecule has 13 heavy (non-hydrogen) atoms. The number of hydrazine groups is 1. The van der Waals surface area contributed by atoms with Gasteiger partial charge in [0.1, 0.15) is 0 Å². The van der Waals surface area contributed by atoms with E-state index in [9.17, 15) is 4.79 Å². The van der Waals surface area contributed by atoms with Crippen LogP contribution in [0.25, 0.3) is 0 Å². The predicted molar refractivity (Wildman–Crippen MR) is 46.7 cm³/mol. The third kappa shape index (κ3) is 3.43. The van der Waals surface area contributed by atoms with Gasteiger partial charge in [0, 0.05) is 19.1 Å². The third-order valence-corrected chi connectivity index (χ3v) is 2.04. The quantitative estimate of drug-likeness (QED) is 0.305. The van der Waals surface area contributed by atoms with E-state index in [1.807, 2.05) is 5.43 Å². The molecule has 0 atom stereocenters. The molecule has 1 amide bonds. The molecular weight excluding hydrogens is 192 g/mol. The summed E-state index contributed by atoms with van der Waals surface area (Å²) in [7, 11) is 0. The molecule has 0 bridgehead atoms. The molecule has 0 saturated carbocycles. The Morgan fingerprint density at radius 3 is 3.00 bits per heavy atom. The zero-order chi connectivity index (χ0) is 9.68. The maximum absolute atomic E-state index is 10.7. The summed E-state index contributed by atoms with van der Waals surface area (Å²) in [5.41, 5.74) is 2.04. The van der Waals surface area contributed by atoms with Gasteiger partial charge in [-0.3, -0.25) is 10.2 Å². The van der Waals surface area contributed by atoms with E-state index < -0.39 is 0 Å². The molecule has 1 rings (SSSR count). The van der Waals surface area contributed by atoms with E-state index in [1.165, 1.54) is 11.8 Å². The smallest absolute Gasteiger partial charge is 0.276 e. The first-order valence-electron chi connectivity index (χ1n) is 3.64. The summed E-state index contributed by atoms with van der Waals surface area (Å²) in [5.74, 6) is 5.78. The number of carbonyl (C=O) groups excluding carboxylic acids is 1. The Morgan fingerprint density at radius 1 is 1.69 bits per heavy atom. The minimum atomic E-state index is -0.205. The highest BCUT2D eigenvalue weighted by molar-refractivity contribution is 7.99. The number of aryl methyl sites for hydroxylation is 1. The van der Waals surface area contributed by atoms with Crippen molar-refractivity contribution in [2.24, 2.45) is 5.84 Å². The van der Waals surface area contributed by atoms with Crippen molar-refractivity contribution in [1.82, 2.24) is 15.6 Å². The highest BCUT2D eigenvalue weighted by Gasteiger charge is 2.04. The second-order valence-electron chi connectivity index (χ2n) is 2.25. The molecule has 0 saturated heterocycles. The van der Waals surface area contributed by atoms with E-state index in [1.54, 1.807) is 6.92 Å². The van der Waals surface area contributed by atoms with Crippen molar-refractivity contribution in [2.45, 2.75) is 18.6 Å². The van der Waals surface area contributed by atoms with Crippen molar-refractivity contribution in [2.75, 3.05) is 5.75 Å². The van der Waals surface area contributed by atoms with Crippen LogP contribution in [0, 0.1) is 6.92 Å². The Morgan fingerprint density at radius 2 is 2.46 bits per heavy atom. The molecule has 1 aromatic heterocycles. The second kappa shape index (κ2) is 4.83. The van der Waals surface area contributed by atoms with Gasteiger partial charge in [-0.15, -0.1) is 10.2 Å². The maximum Gasteiger partial charge on any atom is 0.276 e. The van der Waals surface area contributed by atoms with Crippen molar-refractivity contribution < 1.29 is 9.21 Å². The summed E-state index contributed by atoms with van der Waals surface area (Å²) in [6.45, 7) is 1.71. The first kappa shape index (κ1) is 10.0. The van der Waals surface area contributed by atoms with Crippen LogP contribution in [0.4, 0.5) is 0 Å². The van der Waals surface area contributed by atoms with E-state index >= 15 is 0 Å². The molecule has 0 radical (unpaired) electrons. The molecule has 1 heterocycles. The molecule has 0 unspecified atom stereocenters. The van der Waals surface area contributed by atoms with Gasteiger partial charge in [0.25, 0.3) is 5.22 Å². The summed E-state index contributed by atoms with van der Waals surface area (Å²) in [6.07, 6.45) is 0.336. The third-order valence-electron chi connectivity index (χ3n) is 1.22. The van der Waals surface area contributed by atoms with Gasteiger partial charge in [0.2, 0.25) is 11.8 Å². The van der Waals surface area contributed by atoms with Crippen LogP contribution in [-0.4, -0.2) is 21.9 Å². The molecule has 0 aliphatic heterocycles. The largest absolute Gasteiger partial charge is 0.416 e. The lowest BCUT2D eigenvalue weighted by Gasteiger charge is -1.95. The molecule has 0 aromatic carbocycles. The molecule has 0 aliphatic carbocycles. The molecular formula is C6H10N4O2S. The summed E-state index contributed by atoms with van der Waals surface area (Å²) >= 11 is 1.33. The highest BCUT2D eigenvalue weighted by atomic mass is 32.2. The van der Waals surface area contributed by atoms with Crippen LogP contribution >= 0.6 is 11.8 Å². The van der Waals surface area contributed by atoms with Gasteiger partial charge in [-0.25, -0.2) is 5.84 Å². The van der Waals surface area contributed by atoms with Crippen LogP contribution in [0.2, 0.25) is 0 Å². The number of carbonyl (C=O) groups is 1. The zero-order valence-corrected chi connectivity index (χ0v) is 7.93. The standard InChI is InChI=1S/C6H10N4O2S/c1-4-9-10-6(12-4)13-3-2-5(11)8-7/h2-3,7H2,1H3,(H,8,11). The Bertz CT molecular complexity index is 288. The lowest BCUT2D eigenvalue weighted by Crippen LogP contribution is -2.30. The van der Waals surface area contributed by atoms with Gasteiger partial charge in [-0.1, -0.05) is 11.8 Å². The van der Waals surface area contributed by atoms with E-state index in [2.05, 4.69) is 10.2 Å². The van der Waals surface area contributed by atoms with Crippen molar-refractivity contribution >= 4 is 17.7 Å². The topological polar surface area (TPSA) is 94.0 Å². The minimum absolute atomic E-state index is 0.205. The minimum Gasteiger partial charge on any atom is -0.416 e. The first-order valence-corrected chi connectivity index (χ1v) is 4.63. The number of amides is 1. The molecule has 0 aliphatic rings. The van der Waals surface area contributed by atoms with Crippen molar-refractivity contribution in [3.63, 3.8) is 0 Å². The van der Waals surface area contributed by atoms with E-state index in [0.717, 1.165) is 0 Å². The Kier molecular flexibility index (Phi) is 3.71. The van der Waals surface area contributed by atoms with Crippen LogP contribution in [0.3, 0.4) is 0 Å². The number of nitrogens with two attached hydrogens (primary N) is 1. The number of nitrogens with zero attached hydrogens (tertiary/aromatic N) is 2. The fourth-order valence-corrected chi connectivity index (χ4v) is 1.38. The van der Waals surface area contributed by atoms with Crippen LogP contribution in [0.5, 0.6) is 0 Å². The molecule has 3 N–H and O–H groups in total. The van der Waals surface area contributed by atoms with Gasteiger partial charge in [0.15, 0.2) is 0 Å². The van der Waals surface area contributed by atoms with Crippen molar-refractivity contribution in [1.29, 1.82) is 0 Å². The number of nitrogens with one attached hydrogen (secondary N) is 1. The number of hydrogen-bond donors (Lipinski definition) is 2. The lowest BCUT2D eigenvalue weighted by molar-refractivity contribution is -0.120. The predicted octanol–water partition coefficient (Wildman–Crippen LogP) is -0.150. The molecule has 6 nitrogen and oxygen atoms in total. The lowest BCUT2D eigenvalue weighted by atomic mass is 10.5. The summed E-state index contributed by atoms with van der Waals surface area (Å²) in [5, 5.41) is 7.87. The summed E-state index contributed by atoms with van der Waals surface area (Å²) < 4.78 is 5.08. The van der Waals surface area contributed by atoms with Gasteiger partial charge < -0.3 is 4.42 Å². The van der Waals surface area contributed by atoms with E-state index in [-0.39, 0.29) is 5.91 Å². The monoisotopic (exact) mass is 202 g/mol.